The first-order chi connectivity index (χ1) is 16.0. The van der Waals surface area contributed by atoms with E-state index in [0.717, 1.165) is 21.7 Å². The second kappa shape index (κ2) is 10.0. The molecule has 1 saturated heterocycles. The van der Waals surface area contributed by atoms with E-state index in [1.807, 2.05) is 76.1 Å². The van der Waals surface area contributed by atoms with Gasteiger partial charge in [-0.15, -0.1) is 11.3 Å². The van der Waals surface area contributed by atoms with Gasteiger partial charge in [0, 0.05) is 38.4 Å². The van der Waals surface area contributed by atoms with Crippen molar-refractivity contribution in [2.24, 2.45) is 0 Å². The summed E-state index contributed by atoms with van der Waals surface area (Å²) >= 11 is 1.45. The van der Waals surface area contributed by atoms with E-state index >= 15 is 0 Å². The number of rotatable bonds is 6. The van der Waals surface area contributed by atoms with Crippen molar-refractivity contribution in [1.82, 2.24) is 14.4 Å². The van der Waals surface area contributed by atoms with Gasteiger partial charge in [0.2, 0.25) is 5.91 Å². The van der Waals surface area contributed by atoms with Gasteiger partial charge in [0.15, 0.2) is 0 Å². The van der Waals surface area contributed by atoms with Crippen molar-refractivity contribution in [2.45, 2.75) is 20.4 Å². The summed E-state index contributed by atoms with van der Waals surface area (Å²) in [5.74, 6) is 0.446. The van der Waals surface area contributed by atoms with E-state index in [-0.39, 0.29) is 18.4 Å². The van der Waals surface area contributed by atoms with Gasteiger partial charge in [-0.25, -0.2) is 0 Å². The van der Waals surface area contributed by atoms with Crippen LogP contribution in [0.25, 0.3) is 0 Å². The highest BCUT2D eigenvalue weighted by atomic mass is 32.1. The van der Waals surface area contributed by atoms with Crippen molar-refractivity contribution in [3.8, 4) is 6.07 Å². The molecule has 1 N–H and O–H groups in total. The molecule has 0 atom stereocenters. The van der Waals surface area contributed by atoms with Crippen LogP contribution in [0.4, 0.5) is 5.82 Å². The first-order valence-electron chi connectivity index (χ1n) is 11.0. The lowest BCUT2D eigenvalue weighted by molar-refractivity contribution is -0.117. The van der Waals surface area contributed by atoms with Gasteiger partial charge in [0.1, 0.15) is 11.9 Å². The van der Waals surface area contributed by atoms with E-state index < -0.39 is 0 Å². The Kier molecular flexibility index (Phi) is 6.92. The summed E-state index contributed by atoms with van der Waals surface area (Å²) in [6.45, 7) is 7.14. The molecule has 1 aliphatic heterocycles. The van der Waals surface area contributed by atoms with Gasteiger partial charge in [0.05, 0.1) is 17.0 Å². The maximum atomic E-state index is 12.9. The standard InChI is InChI=1S/C25H27N5O2S/c1-18-19(2)30(16-20-7-4-3-5-8-20)24(21(18)15-26)27-23(31)17-28-10-12-29(13-11-28)25(32)22-9-6-14-33-22/h3-9,14H,10-13,16-17H2,1-2H3,(H,27,31). The third kappa shape index (κ3) is 5.00. The van der Waals surface area contributed by atoms with Crippen molar-refractivity contribution in [3.05, 3.63) is 75.1 Å². The number of thiophene rings is 1. The fourth-order valence-corrected chi connectivity index (χ4v) is 4.82. The fraction of sp³-hybridized carbons (Fsp3) is 0.320. The molecule has 1 aromatic carbocycles. The number of benzene rings is 1. The second-order valence-corrected chi connectivity index (χ2v) is 9.16. The molecule has 3 heterocycles. The number of amides is 2. The Balaban J connectivity index is 1.41. The lowest BCUT2D eigenvalue weighted by Gasteiger charge is -2.34. The molecule has 33 heavy (non-hydrogen) atoms. The van der Waals surface area contributed by atoms with E-state index in [1.54, 1.807) is 0 Å². The monoisotopic (exact) mass is 461 g/mol. The van der Waals surface area contributed by atoms with Gasteiger partial charge < -0.3 is 14.8 Å². The Labute approximate surface area is 197 Å². The molecule has 0 spiro atoms. The number of nitriles is 1. The van der Waals surface area contributed by atoms with Gasteiger partial charge in [-0.1, -0.05) is 36.4 Å². The molecule has 0 unspecified atom stereocenters. The molecule has 0 radical (unpaired) electrons. The zero-order valence-corrected chi connectivity index (χ0v) is 19.7. The van der Waals surface area contributed by atoms with Crippen LogP contribution in [0.5, 0.6) is 0 Å². The number of nitrogens with zero attached hydrogens (tertiary/aromatic N) is 4. The number of hydrogen-bond acceptors (Lipinski definition) is 5. The third-order valence-electron chi connectivity index (χ3n) is 6.14. The van der Waals surface area contributed by atoms with Crippen LogP contribution in [0.3, 0.4) is 0 Å². The largest absolute Gasteiger partial charge is 0.335 e. The average molecular weight is 462 g/mol. The minimum Gasteiger partial charge on any atom is -0.335 e. The average Bonchev–Trinajstić information content (AvgIpc) is 3.44. The number of nitrogens with one attached hydrogen (secondary N) is 1. The minimum absolute atomic E-state index is 0.0532. The van der Waals surface area contributed by atoms with Crippen LogP contribution in [0.15, 0.2) is 47.8 Å². The molecule has 1 aliphatic rings. The van der Waals surface area contributed by atoms with E-state index in [9.17, 15) is 14.9 Å². The molecule has 4 rings (SSSR count). The van der Waals surface area contributed by atoms with Crippen LogP contribution in [0.2, 0.25) is 0 Å². The predicted octanol–water partition coefficient (Wildman–Crippen LogP) is 3.48. The molecule has 1 fully saturated rings. The normalized spacial score (nSPS) is 14.2. The Morgan fingerprint density at radius 1 is 1.06 bits per heavy atom. The highest BCUT2D eigenvalue weighted by Crippen LogP contribution is 2.27. The first kappa shape index (κ1) is 22.8. The molecular formula is C25H27N5O2S. The summed E-state index contributed by atoms with van der Waals surface area (Å²) in [5, 5.41) is 14.6. The molecule has 7 nitrogen and oxygen atoms in total. The number of piperazine rings is 1. The van der Waals surface area contributed by atoms with E-state index in [1.165, 1.54) is 11.3 Å². The van der Waals surface area contributed by atoms with Crippen molar-refractivity contribution in [2.75, 3.05) is 38.0 Å². The van der Waals surface area contributed by atoms with Gasteiger partial charge >= 0.3 is 0 Å². The first-order valence-corrected chi connectivity index (χ1v) is 11.8. The third-order valence-corrected chi connectivity index (χ3v) is 7.00. The maximum absolute atomic E-state index is 12.9. The number of hydrogen-bond donors (Lipinski definition) is 1. The quantitative estimate of drug-likeness (QED) is 0.609. The lowest BCUT2D eigenvalue weighted by Crippen LogP contribution is -2.50. The summed E-state index contributed by atoms with van der Waals surface area (Å²) in [5.41, 5.74) is 3.45. The topological polar surface area (TPSA) is 81.4 Å². The van der Waals surface area contributed by atoms with Crippen molar-refractivity contribution < 1.29 is 9.59 Å². The number of aromatic nitrogens is 1. The Hall–Kier alpha value is -3.41. The van der Waals surface area contributed by atoms with Crippen LogP contribution in [-0.2, 0) is 11.3 Å². The molecular weight excluding hydrogens is 434 g/mol. The fourth-order valence-electron chi connectivity index (χ4n) is 4.13. The van der Waals surface area contributed by atoms with E-state index in [0.29, 0.717) is 44.1 Å². The Morgan fingerprint density at radius 2 is 1.79 bits per heavy atom. The molecule has 0 saturated carbocycles. The molecule has 0 aliphatic carbocycles. The summed E-state index contributed by atoms with van der Waals surface area (Å²) < 4.78 is 2.00. The minimum atomic E-state index is -0.156. The molecule has 170 valence electrons. The SMILES string of the molecule is Cc1c(C#N)c(NC(=O)CN2CCN(C(=O)c3cccs3)CC2)n(Cc2ccccc2)c1C. The summed E-state index contributed by atoms with van der Waals surface area (Å²) in [6, 6.07) is 16.0. The van der Waals surface area contributed by atoms with E-state index in [2.05, 4.69) is 11.4 Å². The van der Waals surface area contributed by atoms with Crippen LogP contribution in [0.1, 0.15) is 32.1 Å². The van der Waals surface area contributed by atoms with Gasteiger partial charge in [-0.05, 0) is 36.4 Å². The van der Waals surface area contributed by atoms with Gasteiger partial charge in [-0.3, -0.25) is 14.5 Å². The smallest absolute Gasteiger partial charge is 0.264 e. The van der Waals surface area contributed by atoms with E-state index in [4.69, 9.17) is 0 Å². The highest BCUT2D eigenvalue weighted by Gasteiger charge is 2.25. The Morgan fingerprint density at radius 3 is 2.42 bits per heavy atom. The van der Waals surface area contributed by atoms with Crippen LogP contribution >= 0.6 is 11.3 Å². The maximum Gasteiger partial charge on any atom is 0.264 e. The summed E-state index contributed by atoms with van der Waals surface area (Å²) in [7, 11) is 0. The number of carbonyl (C=O) groups is 2. The zero-order chi connectivity index (χ0) is 23.4. The molecule has 2 amide bonds. The van der Waals surface area contributed by atoms with Crippen molar-refractivity contribution in [3.63, 3.8) is 0 Å². The molecule has 2 aromatic heterocycles. The van der Waals surface area contributed by atoms with Crippen LogP contribution < -0.4 is 5.32 Å². The highest BCUT2D eigenvalue weighted by molar-refractivity contribution is 7.12. The molecule has 8 heteroatoms. The van der Waals surface area contributed by atoms with Gasteiger partial charge in [0.25, 0.3) is 5.91 Å². The molecule has 3 aromatic rings. The molecule has 0 bridgehead atoms. The van der Waals surface area contributed by atoms with Crippen molar-refractivity contribution >= 4 is 29.0 Å². The summed E-state index contributed by atoms with van der Waals surface area (Å²) in [4.78, 5) is 30.1. The number of anilines is 1. The number of carbonyl (C=O) groups excluding carboxylic acids is 2. The van der Waals surface area contributed by atoms with Crippen LogP contribution in [0, 0.1) is 25.2 Å². The van der Waals surface area contributed by atoms with Gasteiger partial charge in [-0.2, -0.15) is 5.26 Å². The second-order valence-electron chi connectivity index (χ2n) is 8.21. The van der Waals surface area contributed by atoms with Crippen LogP contribution in [-0.4, -0.2) is 58.9 Å². The lowest BCUT2D eigenvalue weighted by atomic mass is 10.2. The zero-order valence-electron chi connectivity index (χ0n) is 18.9. The Bertz CT molecular complexity index is 1170. The predicted molar refractivity (Wildman–Crippen MR) is 129 cm³/mol. The summed E-state index contributed by atoms with van der Waals surface area (Å²) in [6.07, 6.45) is 0. The van der Waals surface area contributed by atoms with Crippen molar-refractivity contribution in [1.29, 1.82) is 5.26 Å².